The van der Waals surface area contributed by atoms with Crippen LogP contribution in [0.1, 0.15) is 76.9 Å². The van der Waals surface area contributed by atoms with Crippen molar-refractivity contribution in [3.63, 3.8) is 0 Å². The Morgan fingerprint density at radius 1 is 1.05 bits per heavy atom. The maximum atomic E-state index is 9.73. The lowest BCUT2D eigenvalue weighted by Gasteiger charge is -2.13. The minimum Gasteiger partial charge on any atom is -0.493 e. The topological polar surface area (TPSA) is 29.5 Å². The summed E-state index contributed by atoms with van der Waals surface area (Å²) in [7, 11) is 0. The molecule has 0 amide bonds. The van der Waals surface area contributed by atoms with Crippen LogP contribution in [0.15, 0.2) is 18.2 Å². The van der Waals surface area contributed by atoms with Crippen molar-refractivity contribution in [1.29, 1.82) is 0 Å². The van der Waals surface area contributed by atoms with Gasteiger partial charge in [-0.2, -0.15) is 0 Å². The quantitative estimate of drug-likeness (QED) is 0.514. The monoisotopic (exact) mass is 312 g/mol. The second-order valence-corrected chi connectivity index (χ2v) is 6.12. The Morgan fingerprint density at radius 3 is 2.29 bits per heavy atom. The standard InChI is InChI=1S/C18H29ClO2/c1-3-4-5-6-7-8-9-10-13-21-18-12-11-16(19)14-17(18)15(2)20/h11-12,14-15,20H,3-10,13H2,1-2H3/t15-/m0/s1. The van der Waals surface area contributed by atoms with Crippen LogP contribution in [0.2, 0.25) is 5.02 Å². The van der Waals surface area contributed by atoms with Crippen molar-refractivity contribution < 1.29 is 9.84 Å². The van der Waals surface area contributed by atoms with E-state index in [1.807, 2.05) is 6.07 Å². The summed E-state index contributed by atoms with van der Waals surface area (Å²) in [6.45, 7) is 4.68. The van der Waals surface area contributed by atoms with Crippen molar-refractivity contribution in [2.75, 3.05) is 6.61 Å². The first-order valence-corrected chi connectivity index (χ1v) is 8.63. The van der Waals surface area contributed by atoms with Crippen LogP contribution < -0.4 is 4.74 Å². The molecule has 0 aliphatic heterocycles. The highest BCUT2D eigenvalue weighted by atomic mass is 35.5. The Kier molecular flexibility index (Phi) is 9.53. The zero-order valence-corrected chi connectivity index (χ0v) is 14.2. The minimum absolute atomic E-state index is 0.558. The van der Waals surface area contributed by atoms with Crippen molar-refractivity contribution in [3.05, 3.63) is 28.8 Å². The predicted molar refractivity (Wildman–Crippen MR) is 90.2 cm³/mol. The number of rotatable bonds is 11. The van der Waals surface area contributed by atoms with E-state index in [1.165, 1.54) is 44.9 Å². The molecule has 0 spiro atoms. The van der Waals surface area contributed by atoms with Gasteiger partial charge < -0.3 is 9.84 Å². The molecule has 21 heavy (non-hydrogen) atoms. The van der Waals surface area contributed by atoms with Crippen LogP contribution in [0.25, 0.3) is 0 Å². The maximum Gasteiger partial charge on any atom is 0.125 e. The normalized spacial score (nSPS) is 12.4. The van der Waals surface area contributed by atoms with Gasteiger partial charge in [-0.25, -0.2) is 0 Å². The summed E-state index contributed by atoms with van der Waals surface area (Å²) in [5.41, 5.74) is 0.766. The fraction of sp³-hybridized carbons (Fsp3) is 0.667. The molecule has 1 atom stereocenters. The smallest absolute Gasteiger partial charge is 0.125 e. The molecular formula is C18H29ClO2. The highest BCUT2D eigenvalue weighted by molar-refractivity contribution is 6.30. The molecule has 120 valence electrons. The first-order valence-electron chi connectivity index (χ1n) is 8.25. The van der Waals surface area contributed by atoms with E-state index < -0.39 is 6.10 Å². The number of unbranched alkanes of at least 4 members (excludes halogenated alkanes) is 7. The molecule has 0 unspecified atom stereocenters. The molecule has 1 rings (SSSR count). The van der Waals surface area contributed by atoms with Crippen LogP contribution in [0.5, 0.6) is 5.75 Å². The average Bonchev–Trinajstić information content (AvgIpc) is 2.46. The first-order chi connectivity index (χ1) is 10.1. The molecular weight excluding hydrogens is 284 g/mol. The SMILES string of the molecule is CCCCCCCCCCOc1ccc(Cl)cc1[C@H](C)O. The molecule has 0 saturated carbocycles. The fourth-order valence-corrected chi connectivity index (χ4v) is 2.58. The van der Waals surface area contributed by atoms with E-state index in [2.05, 4.69) is 6.92 Å². The van der Waals surface area contributed by atoms with Gasteiger partial charge in [0.25, 0.3) is 0 Å². The third kappa shape index (κ3) is 7.73. The van der Waals surface area contributed by atoms with E-state index in [9.17, 15) is 5.11 Å². The van der Waals surface area contributed by atoms with Crippen LogP contribution in [0.3, 0.4) is 0 Å². The molecule has 0 heterocycles. The summed E-state index contributed by atoms with van der Waals surface area (Å²) in [5, 5.41) is 10.4. The largest absolute Gasteiger partial charge is 0.493 e. The van der Waals surface area contributed by atoms with E-state index in [4.69, 9.17) is 16.3 Å². The van der Waals surface area contributed by atoms with Gasteiger partial charge in [0.15, 0.2) is 0 Å². The van der Waals surface area contributed by atoms with Crippen LogP contribution in [0, 0.1) is 0 Å². The lowest BCUT2D eigenvalue weighted by atomic mass is 10.1. The predicted octanol–water partition coefficient (Wildman–Crippen LogP) is 5.91. The molecule has 2 nitrogen and oxygen atoms in total. The summed E-state index contributed by atoms with van der Waals surface area (Å²) >= 11 is 5.95. The van der Waals surface area contributed by atoms with Crippen molar-refractivity contribution in [2.45, 2.75) is 71.3 Å². The average molecular weight is 313 g/mol. The minimum atomic E-state index is -0.558. The van der Waals surface area contributed by atoms with E-state index in [-0.39, 0.29) is 0 Å². The number of halogens is 1. The van der Waals surface area contributed by atoms with Crippen molar-refractivity contribution in [2.24, 2.45) is 0 Å². The van der Waals surface area contributed by atoms with Gasteiger partial charge in [-0.3, -0.25) is 0 Å². The highest BCUT2D eigenvalue weighted by Gasteiger charge is 2.09. The van der Waals surface area contributed by atoms with Gasteiger partial charge >= 0.3 is 0 Å². The highest BCUT2D eigenvalue weighted by Crippen LogP contribution is 2.28. The van der Waals surface area contributed by atoms with Gasteiger partial charge in [0.05, 0.1) is 12.7 Å². The lowest BCUT2D eigenvalue weighted by Crippen LogP contribution is -2.02. The van der Waals surface area contributed by atoms with Crippen molar-refractivity contribution >= 4 is 11.6 Å². The molecule has 1 aromatic rings. The van der Waals surface area contributed by atoms with Gasteiger partial charge in [0.1, 0.15) is 5.75 Å². The Morgan fingerprint density at radius 2 is 1.67 bits per heavy atom. The van der Waals surface area contributed by atoms with Gasteiger partial charge in [0, 0.05) is 10.6 Å². The number of hydrogen-bond acceptors (Lipinski definition) is 2. The van der Waals surface area contributed by atoms with Gasteiger partial charge in [-0.05, 0) is 31.5 Å². The molecule has 0 radical (unpaired) electrons. The Hall–Kier alpha value is -0.730. The van der Waals surface area contributed by atoms with E-state index in [0.717, 1.165) is 17.7 Å². The Labute approximate surface area is 134 Å². The molecule has 0 aromatic heterocycles. The molecule has 0 saturated heterocycles. The molecule has 0 aliphatic rings. The van der Waals surface area contributed by atoms with Crippen molar-refractivity contribution in [3.8, 4) is 5.75 Å². The number of ether oxygens (including phenoxy) is 1. The number of benzene rings is 1. The molecule has 0 aliphatic carbocycles. The second-order valence-electron chi connectivity index (χ2n) is 5.68. The van der Waals surface area contributed by atoms with Gasteiger partial charge in [0.2, 0.25) is 0 Å². The third-order valence-electron chi connectivity index (χ3n) is 3.68. The van der Waals surface area contributed by atoms with Crippen molar-refractivity contribution in [1.82, 2.24) is 0 Å². The molecule has 1 aromatic carbocycles. The molecule has 0 bridgehead atoms. The van der Waals surface area contributed by atoms with Crippen LogP contribution in [-0.4, -0.2) is 11.7 Å². The number of hydrogen-bond donors (Lipinski definition) is 1. The molecule has 3 heteroatoms. The van der Waals surface area contributed by atoms with E-state index in [1.54, 1.807) is 19.1 Å². The molecule has 0 fully saturated rings. The summed E-state index contributed by atoms with van der Waals surface area (Å²) in [5.74, 6) is 0.748. The summed E-state index contributed by atoms with van der Waals surface area (Å²) in [4.78, 5) is 0. The first kappa shape index (κ1) is 18.3. The Balaban J connectivity index is 2.18. The van der Waals surface area contributed by atoms with Gasteiger partial charge in [-0.1, -0.05) is 63.5 Å². The zero-order valence-electron chi connectivity index (χ0n) is 13.4. The van der Waals surface area contributed by atoms with Crippen LogP contribution >= 0.6 is 11.6 Å². The van der Waals surface area contributed by atoms with Gasteiger partial charge in [-0.15, -0.1) is 0 Å². The summed E-state index contributed by atoms with van der Waals surface area (Å²) in [6.07, 6.45) is 9.74. The lowest BCUT2D eigenvalue weighted by molar-refractivity contribution is 0.190. The van der Waals surface area contributed by atoms with Crippen LogP contribution in [-0.2, 0) is 0 Å². The zero-order chi connectivity index (χ0) is 15.5. The fourth-order valence-electron chi connectivity index (χ4n) is 2.40. The second kappa shape index (κ2) is 10.9. The number of aliphatic hydroxyl groups is 1. The molecule has 1 N–H and O–H groups in total. The van der Waals surface area contributed by atoms with E-state index in [0.29, 0.717) is 11.6 Å². The Bertz CT molecular complexity index is 391. The van der Waals surface area contributed by atoms with Crippen LogP contribution in [0.4, 0.5) is 0 Å². The number of aliphatic hydroxyl groups excluding tert-OH is 1. The summed E-state index contributed by atoms with van der Waals surface area (Å²) < 4.78 is 5.78. The van der Waals surface area contributed by atoms with E-state index >= 15 is 0 Å². The third-order valence-corrected chi connectivity index (χ3v) is 3.91. The maximum absolute atomic E-state index is 9.73. The summed E-state index contributed by atoms with van der Waals surface area (Å²) in [6, 6.07) is 5.42.